The monoisotopic (exact) mass is 153 g/mol. The first kappa shape index (κ1) is 10.7. The first-order valence-corrected chi connectivity index (χ1v) is 4.55. The van der Waals surface area contributed by atoms with Crippen LogP contribution >= 0.6 is 0 Å². The molecule has 0 aromatic heterocycles. The van der Waals surface area contributed by atoms with Gasteiger partial charge in [-0.15, -0.1) is 6.58 Å². The van der Waals surface area contributed by atoms with E-state index in [9.17, 15) is 0 Å². The maximum Gasteiger partial charge on any atom is -0.0178 e. The number of unbranched alkanes of at least 4 members (excludes halogenated alkanes) is 3. The standard InChI is InChI=1S/C11H21/c1-5-7-8-9-10-11(3,4)6-2/h6H,1-2,5,7-10H2,3-4H3. The molecule has 0 rings (SSSR count). The zero-order valence-corrected chi connectivity index (χ0v) is 8.03. The molecule has 0 heteroatoms. The summed E-state index contributed by atoms with van der Waals surface area (Å²) in [4.78, 5) is 0. The molecule has 1 radical (unpaired) electrons. The number of allylic oxidation sites excluding steroid dienone is 1. The van der Waals surface area contributed by atoms with E-state index in [2.05, 4.69) is 33.4 Å². The maximum atomic E-state index is 3.82. The molecule has 0 fully saturated rings. The first-order valence-electron chi connectivity index (χ1n) is 4.55. The van der Waals surface area contributed by atoms with Gasteiger partial charge in [-0.3, -0.25) is 0 Å². The third kappa shape index (κ3) is 6.15. The molecule has 0 aliphatic carbocycles. The van der Waals surface area contributed by atoms with E-state index in [1.807, 2.05) is 0 Å². The quantitative estimate of drug-likeness (QED) is 0.400. The van der Waals surface area contributed by atoms with E-state index in [0.717, 1.165) is 6.42 Å². The Labute approximate surface area is 71.7 Å². The van der Waals surface area contributed by atoms with Crippen LogP contribution in [0.1, 0.15) is 46.0 Å². The van der Waals surface area contributed by atoms with Crippen LogP contribution in [0.15, 0.2) is 12.7 Å². The lowest BCUT2D eigenvalue weighted by atomic mass is 9.87. The van der Waals surface area contributed by atoms with Crippen LogP contribution in [0.5, 0.6) is 0 Å². The normalized spacial score (nSPS) is 11.5. The van der Waals surface area contributed by atoms with Crippen molar-refractivity contribution in [2.45, 2.75) is 46.0 Å². The molecule has 0 unspecified atom stereocenters. The van der Waals surface area contributed by atoms with Crippen molar-refractivity contribution < 1.29 is 0 Å². The molecule has 0 aliphatic rings. The second-order valence-corrected chi connectivity index (χ2v) is 3.86. The third-order valence-electron chi connectivity index (χ3n) is 2.12. The molecule has 0 aromatic carbocycles. The molecule has 0 spiro atoms. The molecule has 0 heterocycles. The number of hydrogen-bond donors (Lipinski definition) is 0. The van der Waals surface area contributed by atoms with Crippen molar-refractivity contribution in [3.05, 3.63) is 19.6 Å². The van der Waals surface area contributed by atoms with Crippen LogP contribution < -0.4 is 0 Å². The molecule has 0 nitrogen and oxygen atoms in total. The smallest absolute Gasteiger partial charge is 0.0178 e. The Kier molecular flexibility index (Phi) is 5.27. The Bertz CT molecular complexity index is 101. The van der Waals surface area contributed by atoms with Crippen LogP contribution in [-0.2, 0) is 0 Å². The topological polar surface area (TPSA) is 0 Å². The predicted molar refractivity (Wildman–Crippen MR) is 52.4 cm³/mol. The molecule has 65 valence electrons. The highest BCUT2D eigenvalue weighted by Gasteiger charge is 2.10. The summed E-state index contributed by atoms with van der Waals surface area (Å²) in [7, 11) is 0. The zero-order chi connectivity index (χ0) is 8.74. The zero-order valence-electron chi connectivity index (χ0n) is 8.03. The van der Waals surface area contributed by atoms with Gasteiger partial charge in [0.15, 0.2) is 0 Å². The summed E-state index contributed by atoms with van der Waals surface area (Å²) < 4.78 is 0. The second-order valence-electron chi connectivity index (χ2n) is 3.86. The van der Waals surface area contributed by atoms with E-state index in [4.69, 9.17) is 0 Å². The molecule has 0 saturated heterocycles. The Morgan fingerprint density at radius 2 is 1.82 bits per heavy atom. The van der Waals surface area contributed by atoms with E-state index >= 15 is 0 Å². The molecule has 0 bridgehead atoms. The molecule has 0 aromatic rings. The van der Waals surface area contributed by atoms with Crippen LogP contribution in [0.4, 0.5) is 0 Å². The van der Waals surface area contributed by atoms with Gasteiger partial charge in [0, 0.05) is 0 Å². The lowest BCUT2D eigenvalue weighted by molar-refractivity contribution is 0.412. The lowest BCUT2D eigenvalue weighted by Crippen LogP contribution is -2.05. The molecule has 0 saturated carbocycles. The van der Waals surface area contributed by atoms with Gasteiger partial charge < -0.3 is 0 Å². The fourth-order valence-corrected chi connectivity index (χ4v) is 1.04. The fourth-order valence-electron chi connectivity index (χ4n) is 1.04. The van der Waals surface area contributed by atoms with E-state index in [-0.39, 0.29) is 0 Å². The van der Waals surface area contributed by atoms with E-state index in [0.29, 0.717) is 5.41 Å². The largest absolute Gasteiger partial charge is 0.103 e. The summed E-state index contributed by atoms with van der Waals surface area (Å²) in [5, 5.41) is 0. The van der Waals surface area contributed by atoms with Crippen molar-refractivity contribution in [1.82, 2.24) is 0 Å². The Hall–Kier alpha value is -0.260. The van der Waals surface area contributed by atoms with Gasteiger partial charge in [0.2, 0.25) is 0 Å². The van der Waals surface area contributed by atoms with Crippen LogP contribution in [0.25, 0.3) is 0 Å². The van der Waals surface area contributed by atoms with Crippen molar-refractivity contribution in [1.29, 1.82) is 0 Å². The van der Waals surface area contributed by atoms with Crippen molar-refractivity contribution in [3.8, 4) is 0 Å². The molecule has 0 amide bonds. The van der Waals surface area contributed by atoms with E-state index in [1.165, 1.54) is 25.7 Å². The number of rotatable bonds is 6. The van der Waals surface area contributed by atoms with Crippen LogP contribution in [-0.4, -0.2) is 0 Å². The van der Waals surface area contributed by atoms with Gasteiger partial charge in [-0.05, 0) is 11.8 Å². The summed E-state index contributed by atoms with van der Waals surface area (Å²) in [6.45, 7) is 12.1. The molecular weight excluding hydrogens is 132 g/mol. The Morgan fingerprint density at radius 3 is 2.27 bits per heavy atom. The van der Waals surface area contributed by atoms with Gasteiger partial charge in [-0.2, -0.15) is 0 Å². The van der Waals surface area contributed by atoms with Crippen LogP contribution in [0.3, 0.4) is 0 Å². The van der Waals surface area contributed by atoms with Gasteiger partial charge in [0.1, 0.15) is 0 Å². The Balaban J connectivity index is 3.30. The lowest BCUT2D eigenvalue weighted by Gasteiger charge is -2.18. The highest BCUT2D eigenvalue weighted by molar-refractivity contribution is 4.86. The van der Waals surface area contributed by atoms with Gasteiger partial charge in [0.25, 0.3) is 0 Å². The summed E-state index contributed by atoms with van der Waals surface area (Å²) in [6.07, 6.45) is 8.30. The highest BCUT2D eigenvalue weighted by atomic mass is 14.2. The fraction of sp³-hybridized carbons (Fsp3) is 0.727. The second kappa shape index (κ2) is 5.40. The number of hydrogen-bond acceptors (Lipinski definition) is 0. The van der Waals surface area contributed by atoms with Gasteiger partial charge in [-0.1, -0.05) is 52.5 Å². The summed E-state index contributed by atoms with van der Waals surface area (Å²) in [5.74, 6) is 0. The summed E-state index contributed by atoms with van der Waals surface area (Å²) in [6, 6.07) is 0. The maximum absolute atomic E-state index is 3.82. The van der Waals surface area contributed by atoms with Crippen LogP contribution in [0.2, 0.25) is 0 Å². The molecule has 0 N–H and O–H groups in total. The van der Waals surface area contributed by atoms with E-state index < -0.39 is 0 Å². The average Bonchev–Trinajstić information content (AvgIpc) is 1.99. The van der Waals surface area contributed by atoms with Gasteiger partial charge >= 0.3 is 0 Å². The van der Waals surface area contributed by atoms with E-state index in [1.54, 1.807) is 0 Å². The van der Waals surface area contributed by atoms with Gasteiger partial charge in [-0.25, -0.2) is 0 Å². The average molecular weight is 153 g/mol. The van der Waals surface area contributed by atoms with Crippen molar-refractivity contribution in [2.75, 3.05) is 0 Å². The van der Waals surface area contributed by atoms with Crippen molar-refractivity contribution in [3.63, 3.8) is 0 Å². The molecule has 11 heavy (non-hydrogen) atoms. The van der Waals surface area contributed by atoms with Crippen LogP contribution in [0, 0.1) is 12.3 Å². The molecular formula is C11H21. The SMILES string of the molecule is [CH2]CCCCCC(C)(C)C=C. The predicted octanol–water partition coefficient (Wildman–Crippen LogP) is 3.98. The minimum absolute atomic E-state index is 0.334. The third-order valence-corrected chi connectivity index (χ3v) is 2.12. The Morgan fingerprint density at radius 1 is 1.18 bits per heavy atom. The summed E-state index contributed by atoms with van der Waals surface area (Å²) in [5.41, 5.74) is 0.334. The van der Waals surface area contributed by atoms with Gasteiger partial charge in [0.05, 0.1) is 0 Å². The minimum Gasteiger partial charge on any atom is -0.103 e. The van der Waals surface area contributed by atoms with Crippen molar-refractivity contribution >= 4 is 0 Å². The minimum atomic E-state index is 0.334. The molecule has 0 aliphatic heterocycles. The van der Waals surface area contributed by atoms with Crippen molar-refractivity contribution in [2.24, 2.45) is 5.41 Å². The summed E-state index contributed by atoms with van der Waals surface area (Å²) >= 11 is 0. The highest BCUT2D eigenvalue weighted by Crippen LogP contribution is 2.24. The first-order chi connectivity index (χ1) is 5.12. The molecule has 0 atom stereocenters.